The largest absolute Gasteiger partial charge is 0.480 e. The van der Waals surface area contributed by atoms with Crippen LogP contribution in [0.25, 0.3) is 17.2 Å². The Kier molecular flexibility index (Phi) is 6.83. The van der Waals surface area contributed by atoms with Crippen LogP contribution in [0.3, 0.4) is 0 Å². The molecule has 0 spiro atoms. The normalized spacial score (nSPS) is 13.4. The van der Waals surface area contributed by atoms with Crippen molar-refractivity contribution in [2.75, 3.05) is 14.2 Å². The summed E-state index contributed by atoms with van der Waals surface area (Å²) in [5.41, 5.74) is 0.256. The highest BCUT2D eigenvalue weighted by atomic mass is 32.2. The zero-order chi connectivity index (χ0) is 26.0. The first-order chi connectivity index (χ1) is 17.2. The lowest BCUT2D eigenvalue weighted by atomic mass is 10.1. The summed E-state index contributed by atoms with van der Waals surface area (Å²) in [5, 5.41) is 11.7. The second-order valence-corrected chi connectivity index (χ2v) is 10.4. The summed E-state index contributed by atoms with van der Waals surface area (Å²) in [5.74, 6) is -0.529. The molecule has 15 heteroatoms. The Balaban J connectivity index is 1.77. The second kappa shape index (κ2) is 9.85. The Bertz CT molecular complexity index is 1530. The van der Waals surface area contributed by atoms with Gasteiger partial charge in [-0.05, 0) is 13.0 Å². The maximum atomic E-state index is 13.5. The molecule has 190 valence electrons. The van der Waals surface area contributed by atoms with Gasteiger partial charge in [-0.25, -0.2) is 18.4 Å². The third-order valence-corrected chi connectivity index (χ3v) is 8.01. The van der Waals surface area contributed by atoms with Crippen LogP contribution >= 0.6 is 0 Å². The van der Waals surface area contributed by atoms with Crippen molar-refractivity contribution in [3.63, 3.8) is 0 Å². The molecule has 4 rings (SSSR count). The molecule has 0 amide bonds. The van der Waals surface area contributed by atoms with Crippen LogP contribution in [0.1, 0.15) is 31.3 Å². The van der Waals surface area contributed by atoms with Gasteiger partial charge in [0.05, 0.1) is 43.9 Å². The van der Waals surface area contributed by atoms with Gasteiger partial charge < -0.3 is 14.5 Å². The van der Waals surface area contributed by atoms with Gasteiger partial charge in [0.2, 0.25) is 11.8 Å². The minimum absolute atomic E-state index is 0.00678. The van der Waals surface area contributed by atoms with E-state index in [0.29, 0.717) is 17.3 Å². The molecule has 1 N–H and O–H groups in total. The molecule has 4 aromatic heterocycles. The molecule has 4 aromatic rings. The van der Waals surface area contributed by atoms with Crippen molar-refractivity contribution < 1.29 is 17.9 Å². The highest BCUT2D eigenvalue weighted by molar-refractivity contribution is 7.91. The van der Waals surface area contributed by atoms with Gasteiger partial charge in [-0.3, -0.25) is 19.0 Å². The lowest BCUT2D eigenvalue weighted by molar-refractivity contribution is 0.393. The van der Waals surface area contributed by atoms with Gasteiger partial charge >= 0.3 is 0 Å². The van der Waals surface area contributed by atoms with Crippen LogP contribution in [0, 0.1) is 0 Å². The zero-order valence-corrected chi connectivity index (χ0v) is 21.1. The Morgan fingerprint density at radius 2 is 1.86 bits per heavy atom. The smallest absolute Gasteiger partial charge is 0.279 e. The van der Waals surface area contributed by atoms with Crippen LogP contribution in [0.15, 0.2) is 35.8 Å². The molecule has 0 fully saturated rings. The van der Waals surface area contributed by atoms with E-state index in [4.69, 9.17) is 9.47 Å². The summed E-state index contributed by atoms with van der Waals surface area (Å²) >= 11 is 0. The van der Waals surface area contributed by atoms with Crippen LogP contribution in [0.4, 0.5) is 0 Å². The summed E-state index contributed by atoms with van der Waals surface area (Å²) in [6.07, 6.45) is 5.79. The molecule has 0 aliphatic carbocycles. The number of nitrogens with zero attached hydrogens (tertiary/aromatic N) is 8. The van der Waals surface area contributed by atoms with Gasteiger partial charge in [0.25, 0.3) is 5.56 Å². The average molecular weight is 516 g/mol. The minimum atomic E-state index is -3.82. The van der Waals surface area contributed by atoms with E-state index in [9.17, 15) is 13.2 Å². The fourth-order valence-electron chi connectivity index (χ4n) is 3.60. The maximum absolute atomic E-state index is 13.5. The molecule has 0 aromatic carbocycles. The molecular formula is C21H25N9O5S. The maximum Gasteiger partial charge on any atom is 0.279 e. The van der Waals surface area contributed by atoms with E-state index in [-0.39, 0.29) is 23.2 Å². The highest BCUT2D eigenvalue weighted by Crippen LogP contribution is 2.28. The van der Waals surface area contributed by atoms with Crippen molar-refractivity contribution in [3.05, 3.63) is 52.9 Å². The summed E-state index contributed by atoms with van der Waals surface area (Å²) in [4.78, 5) is 27.8. The van der Waals surface area contributed by atoms with Gasteiger partial charge in [0.1, 0.15) is 11.4 Å². The lowest BCUT2D eigenvalue weighted by Gasteiger charge is -2.20. The third kappa shape index (κ3) is 4.68. The van der Waals surface area contributed by atoms with Crippen molar-refractivity contribution in [3.8, 4) is 29.0 Å². The number of nitrogens with one attached hydrogen (secondary N) is 1. The number of hydrogen-bond donors (Lipinski definition) is 1. The number of sulfone groups is 1. The first-order valence-electron chi connectivity index (χ1n) is 10.8. The van der Waals surface area contributed by atoms with Crippen molar-refractivity contribution in [1.82, 2.24) is 44.5 Å². The van der Waals surface area contributed by atoms with E-state index in [2.05, 4.69) is 35.2 Å². The summed E-state index contributed by atoms with van der Waals surface area (Å²) in [7, 11) is 0.719. The molecule has 0 saturated heterocycles. The van der Waals surface area contributed by atoms with Gasteiger partial charge in [-0.1, -0.05) is 6.92 Å². The monoisotopic (exact) mass is 515 g/mol. The predicted octanol–water partition coefficient (Wildman–Crippen LogP) is 0.665. The predicted molar refractivity (Wildman–Crippen MR) is 128 cm³/mol. The SMILES string of the molecule is COc1cnc([C@@H](C)[C@H](C)S(=O)(=O)Cc2nnc(-c3ccn(C)n3)n2-c2c(OC)nc[nH]c2=O)cn1. The number of hydrogen-bond acceptors (Lipinski definition) is 11. The molecule has 0 radical (unpaired) electrons. The quantitative estimate of drug-likeness (QED) is 0.332. The topological polar surface area (TPSA) is 173 Å². The van der Waals surface area contributed by atoms with Gasteiger partial charge in [-0.15, -0.1) is 10.2 Å². The Labute approximate surface area is 206 Å². The summed E-state index contributed by atoms with van der Waals surface area (Å²) in [6.45, 7) is 3.33. The first-order valence-corrected chi connectivity index (χ1v) is 12.5. The van der Waals surface area contributed by atoms with E-state index < -0.39 is 32.3 Å². The van der Waals surface area contributed by atoms with Gasteiger partial charge in [-0.2, -0.15) is 5.10 Å². The molecular weight excluding hydrogens is 490 g/mol. The van der Waals surface area contributed by atoms with Gasteiger partial charge in [0.15, 0.2) is 27.2 Å². The Morgan fingerprint density at radius 3 is 2.47 bits per heavy atom. The van der Waals surface area contributed by atoms with Crippen LogP contribution in [0.5, 0.6) is 11.8 Å². The van der Waals surface area contributed by atoms with Crippen molar-refractivity contribution in [2.24, 2.45) is 7.05 Å². The van der Waals surface area contributed by atoms with E-state index in [1.807, 2.05) is 0 Å². The number of aromatic nitrogens is 9. The number of aryl methyl sites for hydroxylation is 1. The molecule has 14 nitrogen and oxygen atoms in total. The number of aromatic amines is 1. The molecule has 0 aliphatic heterocycles. The molecule has 0 unspecified atom stereocenters. The van der Waals surface area contributed by atoms with Crippen LogP contribution in [-0.2, 0) is 22.6 Å². The standard InChI is InChI=1S/C21H25N9O5S/c1-12(15-8-23-17(34-4)9-22-15)13(2)36(32,33)10-16-26-27-19(14-6-7-29(3)28-14)30(16)18-20(31)24-11-25-21(18)35-5/h6-9,11-13H,10H2,1-5H3,(H,24,25,31)/t12-,13-/m0/s1. The first kappa shape index (κ1) is 25.0. The lowest BCUT2D eigenvalue weighted by Crippen LogP contribution is -2.28. The number of ether oxygens (including phenoxy) is 2. The second-order valence-electron chi connectivity index (χ2n) is 8.02. The molecule has 4 heterocycles. The Morgan fingerprint density at radius 1 is 1.08 bits per heavy atom. The van der Waals surface area contributed by atoms with Crippen LogP contribution in [0.2, 0.25) is 0 Å². The van der Waals surface area contributed by atoms with Crippen molar-refractivity contribution in [1.29, 1.82) is 0 Å². The molecule has 2 atom stereocenters. The zero-order valence-electron chi connectivity index (χ0n) is 20.3. The van der Waals surface area contributed by atoms with Gasteiger partial charge in [0, 0.05) is 19.2 Å². The highest BCUT2D eigenvalue weighted by Gasteiger charge is 2.33. The van der Waals surface area contributed by atoms with E-state index in [1.54, 1.807) is 37.8 Å². The minimum Gasteiger partial charge on any atom is -0.480 e. The van der Waals surface area contributed by atoms with E-state index >= 15 is 0 Å². The van der Waals surface area contributed by atoms with Crippen molar-refractivity contribution >= 4 is 9.84 Å². The third-order valence-electron chi connectivity index (χ3n) is 5.81. The number of rotatable bonds is 9. The number of methoxy groups -OCH3 is 2. The molecule has 0 aliphatic rings. The molecule has 0 bridgehead atoms. The van der Waals surface area contributed by atoms with Crippen LogP contribution < -0.4 is 15.0 Å². The molecule has 36 heavy (non-hydrogen) atoms. The summed E-state index contributed by atoms with van der Waals surface area (Å²) in [6, 6.07) is 1.67. The van der Waals surface area contributed by atoms with E-state index in [0.717, 1.165) is 0 Å². The molecule has 0 saturated carbocycles. The van der Waals surface area contributed by atoms with Crippen molar-refractivity contribution in [2.45, 2.75) is 30.8 Å². The average Bonchev–Trinajstić information content (AvgIpc) is 3.48. The fraction of sp³-hybridized carbons (Fsp3) is 0.381. The van der Waals surface area contributed by atoms with Crippen LogP contribution in [-0.4, -0.2) is 72.4 Å². The fourth-order valence-corrected chi connectivity index (χ4v) is 5.17. The number of H-pyrrole nitrogens is 1. The van der Waals surface area contributed by atoms with E-state index in [1.165, 1.54) is 37.5 Å². The Hall–Kier alpha value is -4.14. The summed E-state index contributed by atoms with van der Waals surface area (Å²) < 4.78 is 40.2.